The summed E-state index contributed by atoms with van der Waals surface area (Å²) in [6.07, 6.45) is 5.81. The monoisotopic (exact) mass is 194 g/mol. The molecule has 0 aliphatic rings. The van der Waals surface area contributed by atoms with Gasteiger partial charge in [0.1, 0.15) is 0 Å². The normalized spacial score (nSPS) is 12.7. The van der Waals surface area contributed by atoms with Crippen molar-refractivity contribution >= 4 is 0 Å². The molecule has 0 aromatic carbocycles. The fourth-order valence-electron chi connectivity index (χ4n) is 1.25. The zero-order valence-electron chi connectivity index (χ0n) is 8.61. The van der Waals surface area contributed by atoms with Crippen molar-refractivity contribution < 1.29 is 5.11 Å². The molecule has 1 aromatic rings. The lowest BCUT2D eigenvalue weighted by molar-refractivity contribution is 0.251. The molecule has 1 rings (SSSR count). The summed E-state index contributed by atoms with van der Waals surface area (Å²) in [6.45, 7) is 3.12. The van der Waals surface area contributed by atoms with Crippen molar-refractivity contribution in [2.45, 2.75) is 25.8 Å². The fourth-order valence-corrected chi connectivity index (χ4v) is 1.25. The highest BCUT2D eigenvalue weighted by atomic mass is 16.3. The van der Waals surface area contributed by atoms with Crippen LogP contribution in [0.25, 0.3) is 0 Å². The van der Waals surface area contributed by atoms with Crippen LogP contribution >= 0.6 is 0 Å². The van der Waals surface area contributed by atoms with Gasteiger partial charge in [-0.1, -0.05) is 6.07 Å². The van der Waals surface area contributed by atoms with E-state index in [0.717, 1.165) is 19.4 Å². The van der Waals surface area contributed by atoms with Crippen molar-refractivity contribution in [3.63, 3.8) is 0 Å². The lowest BCUT2D eigenvalue weighted by Crippen LogP contribution is -2.30. The summed E-state index contributed by atoms with van der Waals surface area (Å²) in [5.74, 6) is 0. The van der Waals surface area contributed by atoms with Gasteiger partial charge in [-0.3, -0.25) is 4.98 Å². The van der Waals surface area contributed by atoms with Crippen molar-refractivity contribution in [1.82, 2.24) is 10.3 Å². The van der Waals surface area contributed by atoms with Crippen LogP contribution in [0.4, 0.5) is 0 Å². The van der Waals surface area contributed by atoms with Gasteiger partial charge in [-0.05, 0) is 37.9 Å². The molecule has 0 aliphatic heterocycles. The van der Waals surface area contributed by atoms with Crippen LogP contribution in [0.5, 0.6) is 0 Å². The fraction of sp³-hybridized carbons (Fsp3) is 0.545. The molecule has 0 saturated heterocycles. The van der Waals surface area contributed by atoms with Crippen LogP contribution in [0.15, 0.2) is 24.5 Å². The lowest BCUT2D eigenvalue weighted by atomic mass is 10.1. The smallest absolute Gasteiger partial charge is 0.0581 e. The third-order valence-electron chi connectivity index (χ3n) is 2.13. The molecule has 1 atom stereocenters. The molecule has 1 unspecified atom stereocenters. The third kappa shape index (κ3) is 4.35. The largest absolute Gasteiger partial charge is 0.395 e. The number of nitrogens with zero attached hydrogens (tertiary/aromatic N) is 1. The molecule has 2 N–H and O–H groups in total. The molecule has 78 valence electrons. The van der Waals surface area contributed by atoms with E-state index in [4.69, 9.17) is 5.11 Å². The molecule has 1 aromatic heterocycles. The number of hydrogen-bond acceptors (Lipinski definition) is 3. The first-order valence-electron chi connectivity index (χ1n) is 5.06. The highest BCUT2D eigenvalue weighted by Crippen LogP contribution is 1.99. The average Bonchev–Trinajstić information content (AvgIpc) is 2.25. The Kier molecular flexibility index (Phi) is 5.19. The van der Waals surface area contributed by atoms with Crippen LogP contribution in [0.2, 0.25) is 0 Å². The van der Waals surface area contributed by atoms with E-state index in [0.29, 0.717) is 0 Å². The van der Waals surface area contributed by atoms with Gasteiger partial charge in [0.05, 0.1) is 6.61 Å². The molecule has 14 heavy (non-hydrogen) atoms. The van der Waals surface area contributed by atoms with E-state index in [-0.39, 0.29) is 12.6 Å². The predicted octanol–water partition coefficient (Wildman–Crippen LogP) is 0.985. The Hall–Kier alpha value is -0.930. The maximum atomic E-state index is 8.78. The van der Waals surface area contributed by atoms with Crippen LogP contribution in [-0.2, 0) is 6.42 Å². The second-order valence-electron chi connectivity index (χ2n) is 3.50. The van der Waals surface area contributed by atoms with E-state index in [9.17, 15) is 0 Å². The predicted molar refractivity (Wildman–Crippen MR) is 57.1 cm³/mol. The maximum absolute atomic E-state index is 8.78. The number of aromatic nitrogens is 1. The van der Waals surface area contributed by atoms with E-state index in [2.05, 4.69) is 16.4 Å². The van der Waals surface area contributed by atoms with Gasteiger partial charge in [0, 0.05) is 18.4 Å². The molecule has 0 fully saturated rings. The molecular weight excluding hydrogens is 176 g/mol. The zero-order valence-corrected chi connectivity index (χ0v) is 8.61. The van der Waals surface area contributed by atoms with Gasteiger partial charge >= 0.3 is 0 Å². The summed E-state index contributed by atoms with van der Waals surface area (Å²) in [6, 6.07) is 4.24. The minimum absolute atomic E-state index is 0.198. The summed E-state index contributed by atoms with van der Waals surface area (Å²) in [5, 5.41) is 12.0. The van der Waals surface area contributed by atoms with Crippen LogP contribution in [0.3, 0.4) is 0 Å². The number of nitrogens with one attached hydrogen (secondary N) is 1. The Labute approximate surface area is 85.2 Å². The van der Waals surface area contributed by atoms with Crippen LogP contribution in [0, 0.1) is 0 Å². The van der Waals surface area contributed by atoms with Crippen LogP contribution in [0.1, 0.15) is 18.9 Å². The molecule has 0 amide bonds. The summed E-state index contributed by atoms with van der Waals surface area (Å²) in [5.41, 5.74) is 1.27. The van der Waals surface area contributed by atoms with E-state index >= 15 is 0 Å². The van der Waals surface area contributed by atoms with Crippen molar-refractivity contribution in [3.8, 4) is 0 Å². The molecule has 0 radical (unpaired) electrons. The van der Waals surface area contributed by atoms with E-state index < -0.39 is 0 Å². The van der Waals surface area contributed by atoms with Crippen molar-refractivity contribution in [3.05, 3.63) is 30.1 Å². The molecule has 0 aliphatic carbocycles. The van der Waals surface area contributed by atoms with Gasteiger partial charge < -0.3 is 10.4 Å². The first-order chi connectivity index (χ1) is 6.83. The third-order valence-corrected chi connectivity index (χ3v) is 2.13. The summed E-state index contributed by atoms with van der Waals surface area (Å²) < 4.78 is 0. The lowest BCUT2D eigenvalue weighted by Gasteiger charge is -2.09. The first kappa shape index (κ1) is 11.1. The van der Waals surface area contributed by atoms with Gasteiger partial charge in [0.25, 0.3) is 0 Å². The number of rotatable bonds is 6. The second kappa shape index (κ2) is 6.51. The van der Waals surface area contributed by atoms with Crippen LogP contribution < -0.4 is 5.32 Å². The first-order valence-corrected chi connectivity index (χ1v) is 5.06. The summed E-state index contributed by atoms with van der Waals surface area (Å²) in [4.78, 5) is 4.05. The highest BCUT2D eigenvalue weighted by molar-refractivity contribution is 5.08. The Morgan fingerprint density at radius 1 is 1.57 bits per heavy atom. The molecular formula is C11H18N2O. The van der Waals surface area contributed by atoms with Gasteiger partial charge in [-0.15, -0.1) is 0 Å². The topological polar surface area (TPSA) is 45.1 Å². The number of aliphatic hydroxyl groups is 1. The minimum atomic E-state index is 0.198. The van der Waals surface area contributed by atoms with Gasteiger partial charge in [0.2, 0.25) is 0 Å². The minimum Gasteiger partial charge on any atom is -0.395 e. The van der Waals surface area contributed by atoms with E-state index in [1.54, 1.807) is 6.20 Å². The van der Waals surface area contributed by atoms with Crippen LogP contribution in [-0.4, -0.2) is 29.3 Å². The van der Waals surface area contributed by atoms with E-state index in [1.807, 2.05) is 19.2 Å². The van der Waals surface area contributed by atoms with Gasteiger partial charge in [0.15, 0.2) is 0 Å². The van der Waals surface area contributed by atoms with Crippen molar-refractivity contribution in [2.75, 3.05) is 13.2 Å². The Bertz CT molecular complexity index is 238. The molecule has 0 spiro atoms. The van der Waals surface area contributed by atoms with Crippen molar-refractivity contribution in [1.29, 1.82) is 0 Å². The second-order valence-corrected chi connectivity index (χ2v) is 3.50. The number of aliphatic hydroxyl groups excluding tert-OH is 1. The molecule has 0 saturated carbocycles. The van der Waals surface area contributed by atoms with Gasteiger partial charge in [-0.25, -0.2) is 0 Å². The summed E-state index contributed by atoms with van der Waals surface area (Å²) >= 11 is 0. The number of pyridine rings is 1. The molecule has 3 nitrogen and oxygen atoms in total. The quantitative estimate of drug-likeness (QED) is 0.664. The maximum Gasteiger partial charge on any atom is 0.0581 e. The average molecular weight is 194 g/mol. The summed E-state index contributed by atoms with van der Waals surface area (Å²) in [7, 11) is 0. The number of aryl methyl sites for hydroxylation is 1. The molecule has 1 heterocycles. The zero-order chi connectivity index (χ0) is 10.2. The standard InChI is InChI=1S/C11H18N2O/c1-10(9-14)13-7-3-5-11-4-2-6-12-8-11/h2,4,6,8,10,13-14H,3,5,7,9H2,1H3. The SMILES string of the molecule is CC(CO)NCCCc1cccnc1. The Morgan fingerprint density at radius 2 is 2.43 bits per heavy atom. The Balaban J connectivity index is 2.10. The molecule has 3 heteroatoms. The Morgan fingerprint density at radius 3 is 3.07 bits per heavy atom. The van der Waals surface area contributed by atoms with Crippen molar-refractivity contribution in [2.24, 2.45) is 0 Å². The highest BCUT2D eigenvalue weighted by Gasteiger charge is 1.97. The van der Waals surface area contributed by atoms with Gasteiger partial charge in [-0.2, -0.15) is 0 Å². The molecule has 0 bridgehead atoms. The number of hydrogen-bond donors (Lipinski definition) is 2. The van der Waals surface area contributed by atoms with E-state index in [1.165, 1.54) is 5.56 Å².